The SMILES string of the molecule is NCc1ccc(F)c(-c2cc(COc3ccccc3CC(=O)O)cc(N3CCC4(CC3)CC4)c2)c1. The van der Waals surface area contributed by atoms with Gasteiger partial charge >= 0.3 is 5.97 Å². The molecule has 35 heavy (non-hydrogen) atoms. The molecular weight excluding hydrogens is 443 g/mol. The largest absolute Gasteiger partial charge is 0.489 e. The quantitative estimate of drug-likeness (QED) is 0.448. The van der Waals surface area contributed by atoms with Gasteiger partial charge in [-0.05, 0) is 84.2 Å². The van der Waals surface area contributed by atoms with Crippen molar-refractivity contribution < 1.29 is 19.0 Å². The van der Waals surface area contributed by atoms with Crippen molar-refractivity contribution in [1.29, 1.82) is 0 Å². The van der Waals surface area contributed by atoms with Crippen LogP contribution in [0.15, 0.2) is 60.7 Å². The average Bonchev–Trinajstić information content (AvgIpc) is 3.62. The Bertz CT molecular complexity index is 1230. The Kier molecular flexibility index (Phi) is 6.48. The fourth-order valence-corrected chi connectivity index (χ4v) is 5.05. The summed E-state index contributed by atoms with van der Waals surface area (Å²) in [6.07, 6.45) is 4.97. The molecule has 6 heteroatoms. The number of anilines is 1. The number of piperidine rings is 1. The van der Waals surface area contributed by atoms with Crippen molar-refractivity contribution >= 4 is 11.7 Å². The Labute approximate surface area is 205 Å². The highest BCUT2D eigenvalue weighted by Crippen LogP contribution is 2.54. The molecule has 2 fully saturated rings. The van der Waals surface area contributed by atoms with Gasteiger partial charge in [0.15, 0.2) is 0 Å². The van der Waals surface area contributed by atoms with E-state index in [-0.39, 0.29) is 18.8 Å². The van der Waals surface area contributed by atoms with Crippen LogP contribution in [0.5, 0.6) is 5.75 Å². The highest BCUT2D eigenvalue weighted by Gasteiger charge is 2.44. The molecule has 0 bridgehead atoms. The molecule has 0 atom stereocenters. The number of nitrogens with zero attached hydrogens (tertiary/aromatic N) is 1. The fraction of sp³-hybridized carbons (Fsp3) is 0.345. The summed E-state index contributed by atoms with van der Waals surface area (Å²) in [5, 5.41) is 9.22. The van der Waals surface area contributed by atoms with E-state index in [0.29, 0.717) is 28.8 Å². The number of hydrogen-bond acceptors (Lipinski definition) is 4. The minimum absolute atomic E-state index is 0.103. The van der Waals surface area contributed by atoms with E-state index in [1.807, 2.05) is 18.2 Å². The molecule has 3 N–H and O–H groups in total. The van der Waals surface area contributed by atoms with E-state index < -0.39 is 5.97 Å². The first kappa shape index (κ1) is 23.4. The standard InChI is InChI=1S/C29H31FN2O3/c30-26-6-5-20(18-31)15-25(26)23-13-21(19-35-27-4-2-1-3-22(27)17-28(33)34)14-24(16-23)32-11-9-29(7-8-29)10-12-32/h1-6,13-16H,7-12,17-19,31H2,(H,33,34). The highest BCUT2D eigenvalue weighted by atomic mass is 19.1. The predicted molar refractivity (Wildman–Crippen MR) is 135 cm³/mol. The number of rotatable bonds is 8. The molecular formula is C29H31FN2O3. The van der Waals surface area contributed by atoms with Crippen LogP contribution < -0.4 is 15.4 Å². The van der Waals surface area contributed by atoms with Crippen molar-refractivity contribution in [2.75, 3.05) is 18.0 Å². The van der Waals surface area contributed by atoms with Crippen LogP contribution in [0.3, 0.4) is 0 Å². The van der Waals surface area contributed by atoms with Crippen LogP contribution in [-0.4, -0.2) is 24.2 Å². The van der Waals surface area contributed by atoms with E-state index in [1.165, 1.54) is 31.7 Å². The van der Waals surface area contributed by atoms with Gasteiger partial charge in [0.1, 0.15) is 18.2 Å². The smallest absolute Gasteiger partial charge is 0.307 e. The summed E-state index contributed by atoms with van der Waals surface area (Å²) in [7, 11) is 0. The number of para-hydroxylation sites is 1. The van der Waals surface area contributed by atoms with Gasteiger partial charge in [-0.2, -0.15) is 0 Å². The molecule has 182 valence electrons. The van der Waals surface area contributed by atoms with Crippen LogP contribution in [0.2, 0.25) is 0 Å². The lowest BCUT2D eigenvalue weighted by molar-refractivity contribution is -0.136. The van der Waals surface area contributed by atoms with Gasteiger partial charge < -0.3 is 20.5 Å². The fourth-order valence-electron chi connectivity index (χ4n) is 5.05. The number of carboxylic acids is 1. The third kappa shape index (κ3) is 5.33. The van der Waals surface area contributed by atoms with Crippen LogP contribution in [0.4, 0.5) is 10.1 Å². The van der Waals surface area contributed by atoms with Crippen LogP contribution in [0.25, 0.3) is 11.1 Å². The van der Waals surface area contributed by atoms with Crippen molar-refractivity contribution in [3.8, 4) is 16.9 Å². The first-order valence-corrected chi connectivity index (χ1v) is 12.2. The number of carboxylic acid groups (broad SMARTS) is 1. The lowest BCUT2D eigenvalue weighted by Crippen LogP contribution is -2.34. The lowest BCUT2D eigenvalue weighted by atomic mass is 9.92. The summed E-state index contributed by atoms with van der Waals surface area (Å²) < 4.78 is 21.0. The number of halogens is 1. The zero-order chi connectivity index (χ0) is 24.4. The normalized spacial score (nSPS) is 16.3. The van der Waals surface area contributed by atoms with E-state index >= 15 is 0 Å². The van der Waals surface area contributed by atoms with Crippen molar-refractivity contribution in [2.45, 2.75) is 45.3 Å². The number of hydrogen-bond donors (Lipinski definition) is 2. The lowest BCUT2D eigenvalue weighted by Gasteiger charge is -2.34. The van der Waals surface area contributed by atoms with Gasteiger partial charge in [-0.25, -0.2) is 4.39 Å². The zero-order valence-electron chi connectivity index (χ0n) is 19.8. The molecule has 1 spiro atoms. The molecule has 1 heterocycles. The molecule has 1 aliphatic heterocycles. The second kappa shape index (κ2) is 9.70. The van der Waals surface area contributed by atoms with E-state index in [1.54, 1.807) is 24.3 Å². The number of benzene rings is 3. The van der Waals surface area contributed by atoms with Crippen molar-refractivity contribution in [1.82, 2.24) is 0 Å². The van der Waals surface area contributed by atoms with Crippen molar-refractivity contribution in [2.24, 2.45) is 11.1 Å². The maximum atomic E-state index is 14.9. The molecule has 0 radical (unpaired) electrons. The molecule has 3 aromatic carbocycles. The Morgan fingerprint density at radius 1 is 1.00 bits per heavy atom. The minimum Gasteiger partial charge on any atom is -0.489 e. The molecule has 0 unspecified atom stereocenters. The maximum Gasteiger partial charge on any atom is 0.307 e. The second-order valence-corrected chi connectivity index (χ2v) is 9.86. The van der Waals surface area contributed by atoms with Crippen LogP contribution in [-0.2, 0) is 24.4 Å². The Hall–Kier alpha value is -3.38. The Morgan fingerprint density at radius 3 is 2.49 bits per heavy atom. The molecule has 1 saturated carbocycles. The van der Waals surface area contributed by atoms with Gasteiger partial charge in [-0.3, -0.25) is 4.79 Å². The molecule has 0 amide bonds. The summed E-state index contributed by atoms with van der Waals surface area (Å²) in [4.78, 5) is 13.6. The van der Waals surface area contributed by atoms with E-state index in [0.717, 1.165) is 35.5 Å². The summed E-state index contributed by atoms with van der Waals surface area (Å²) in [6.45, 7) is 2.60. The number of carbonyl (C=O) groups is 1. The third-order valence-electron chi connectivity index (χ3n) is 7.41. The van der Waals surface area contributed by atoms with Crippen LogP contribution >= 0.6 is 0 Å². The topological polar surface area (TPSA) is 75.8 Å². The second-order valence-electron chi connectivity index (χ2n) is 9.86. The molecule has 1 aliphatic carbocycles. The Morgan fingerprint density at radius 2 is 1.77 bits per heavy atom. The van der Waals surface area contributed by atoms with Crippen molar-refractivity contribution in [3.63, 3.8) is 0 Å². The molecule has 3 aromatic rings. The predicted octanol–water partition coefficient (Wildman–Crippen LogP) is 5.54. The monoisotopic (exact) mass is 474 g/mol. The zero-order valence-corrected chi connectivity index (χ0v) is 19.8. The maximum absolute atomic E-state index is 14.9. The first-order chi connectivity index (χ1) is 16.9. The molecule has 2 aliphatic rings. The highest BCUT2D eigenvalue weighted by molar-refractivity contribution is 5.72. The van der Waals surface area contributed by atoms with Gasteiger partial charge in [0.25, 0.3) is 0 Å². The Balaban J connectivity index is 1.46. The average molecular weight is 475 g/mol. The van der Waals surface area contributed by atoms with Crippen LogP contribution in [0.1, 0.15) is 42.4 Å². The summed E-state index contributed by atoms with van der Waals surface area (Å²) in [5.74, 6) is -0.639. The number of aliphatic carboxylic acids is 1. The van der Waals surface area contributed by atoms with Gasteiger partial charge in [0.2, 0.25) is 0 Å². The summed E-state index contributed by atoms with van der Waals surface area (Å²) >= 11 is 0. The van der Waals surface area contributed by atoms with Gasteiger partial charge in [0, 0.05) is 36.4 Å². The van der Waals surface area contributed by atoms with Crippen molar-refractivity contribution in [3.05, 3.63) is 83.2 Å². The van der Waals surface area contributed by atoms with E-state index in [2.05, 4.69) is 17.0 Å². The van der Waals surface area contributed by atoms with Gasteiger partial charge in [-0.15, -0.1) is 0 Å². The number of nitrogens with two attached hydrogens (primary N) is 1. The van der Waals surface area contributed by atoms with E-state index in [4.69, 9.17) is 10.5 Å². The number of ether oxygens (including phenoxy) is 1. The molecule has 0 aromatic heterocycles. The molecule has 5 rings (SSSR count). The molecule has 1 saturated heterocycles. The van der Waals surface area contributed by atoms with E-state index in [9.17, 15) is 14.3 Å². The van der Waals surface area contributed by atoms with Crippen LogP contribution in [0, 0.1) is 11.2 Å². The summed E-state index contributed by atoms with van der Waals surface area (Å²) in [5.41, 5.74) is 11.2. The first-order valence-electron chi connectivity index (χ1n) is 12.2. The van der Waals surface area contributed by atoms with Gasteiger partial charge in [0.05, 0.1) is 6.42 Å². The summed E-state index contributed by atoms with van der Waals surface area (Å²) in [6, 6.07) is 18.3. The van der Waals surface area contributed by atoms with Gasteiger partial charge in [-0.1, -0.05) is 24.3 Å². The minimum atomic E-state index is -0.904. The third-order valence-corrected chi connectivity index (χ3v) is 7.41. The molecule has 5 nitrogen and oxygen atoms in total.